The zero-order valence-electron chi connectivity index (χ0n) is 59.6. The highest BCUT2D eigenvalue weighted by molar-refractivity contribution is 7.47. The molecule has 0 aliphatic carbocycles. The first kappa shape index (κ1) is 90.8. The van der Waals surface area contributed by atoms with Crippen molar-refractivity contribution in [2.24, 2.45) is 0 Å². The number of carbonyl (C=O) groups excluding carboxylic acids is 4. The van der Waals surface area contributed by atoms with Gasteiger partial charge in [0.15, 0.2) is 12.2 Å². The second-order valence-electron chi connectivity index (χ2n) is 25.2. The maximum Gasteiger partial charge on any atom is 0.472 e. The molecule has 17 nitrogen and oxygen atoms in total. The van der Waals surface area contributed by atoms with Gasteiger partial charge in [0.25, 0.3) is 0 Å². The third-order valence-corrected chi connectivity index (χ3v) is 17.9. The molecular formula is C75H136O17P2. The van der Waals surface area contributed by atoms with E-state index in [1.807, 2.05) is 0 Å². The molecule has 0 radical (unpaired) electrons. The number of aliphatic hydroxyl groups excluding tert-OH is 1. The standard InChI is InChI=1S/C75H136O17P2/c1-5-9-13-17-21-25-29-31-32-33-34-35-36-38-42-44-48-52-56-60-73(78)86-66-71(92-75(80)62-58-54-50-46-40-28-24-20-16-12-8-4)68-90-94(83,84)88-64-69(76)63-87-93(81,82)89-67-70(91-74(79)61-57-53-49-45-39-27-23-19-15-11-7-3)65-85-72(77)59-55-51-47-43-41-37-30-26-22-18-14-10-6-2/h9,13,21,25-26,30-32,34-35,69-71,76H,5-8,10-12,14-20,22-24,27-29,33,36-68H2,1-4H3,(H,81,82)(H,83,84)/b13-9-,25-21-,30-26-,32-31-,35-34-. The first-order valence-corrected chi connectivity index (χ1v) is 40.5. The number of carbonyl (C=O) groups is 4. The third-order valence-electron chi connectivity index (χ3n) is 16.0. The van der Waals surface area contributed by atoms with Crippen molar-refractivity contribution in [2.75, 3.05) is 39.6 Å². The molecular weight excluding hydrogens is 1230 g/mol. The van der Waals surface area contributed by atoms with Crippen LogP contribution in [0.15, 0.2) is 60.8 Å². The Hall–Kier alpha value is -3.24. The van der Waals surface area contributed by atoms with Gasteiger partial charge in [-0.25, -0.2) is 9.13 Å². The highest BCUT2D eigenvalue weighted by atomic mass is 31.2. The number of allylic oxidation sites excluding steroid dienone is 10. The summed E-state index contributed by atoms with van der Waals surface area (Å²) in [7, 11) is -9.92. The summed E-state index contributed by atoms with van der Waals surface area (Å²) < 4.78 is 68.3. The van der Waals surface area contributed by atoms with Gasteiger partial charge in [-0.1, -0.05) is 281 Å². The zero-order chi connectivity index (χ0) is 69.0. The Morgan fingerprint density at radius 3 is 0.872 bits per heavy atom. The maximum absolute atomic E-state index is 13.0. The Bertz CT molecular complexity index is 2030. The van der Waals surface area contributed by atoms with Crippen LogP contribution in [0.3, 0.4) is 0 Å². The van der Waals surface area contributed by atoms with Gasteiger partial charge >= 0.3 is 39.5 Å². The van der Waals surface area contributed by atoms with E-state index in [0.29, 0.717) is 25.7 Å². The van der Waals surface area contributed by atoms with Gasteiger partial charge in [-0.05, 0) is 89.9 Å². The maximum atomic E-state index is 13.0. The number of hydrogen-bond donors (Lipinski definition) is 3. The Kier molecular flexibility index (Phi) is 65.9. The van der Waals surface area contributed by atoms with E-state index in [9.17, 15) is 43.2 Å². The molecule has 0 aliphatic rings. The molecule has 0 saturated heterocycles. The first-order valence-electron chi connectivity index (χ1n) is 37.5. The van der Waals surface area contributed by atoms with Crippen LogP contribution in [-0.4, -0.2) is 96.7 Å². The van der Waals surface area contributed by atoms with Crippen molar-refractivity contribution in [3.63, 3.8) is 0 Å². The quantitative estimate of drug-likeness (QED) is 0.0169. The van der Waals surface area contributed by atoms with Gasteiger partial charge in [0.05, 0.1) is 26.4 Å². The van der Waals surface area contributed by atoms with E-state index in [0.717, 1.165) is 154 Å². The molecule has 0 fully saturated rings. The van der Waals surface area contributed by atoms with Crippen LogP contribution in [0, 0.1) is 0 Å². The van der Waals surface area contributed by atoms with Crippen molar-refractivity contribution < 1.29 is 80.2 Å². The van der Waals surface area contributed by atoms with Gasteiger partial charge in [0.2, 0.25) is 0 Å². The molecule has 0 rings (SSSR count). The Labute approximate surface area is 571 Å². The van der Waals surface area contributed by atoms with Crippen molar-refractivity contribution in [3.8, 4) is 0 Å². The van der Waals surface area contributed by atoms with E-state index in [-0.39, 0.29) is 25.7 Å². The van der Waals surface area contributed by atoms with Crippen LogP contribution >= 0.6 is 15.6 Å². The molecule has 5 unspecified atom stereocenters. The van der Waals surface area contributed by atoms with Crippen molar-refractivity contribution in [1.29, 1.82) is 0 Å². The van der Waals surface area contributed by atoms with Gasteiger partial charge in [-0.2, -0.15) is 0 Å². The van der Waals surface area contributed by atoms with Gasteiger partial charge in [0.1, 0.15) is 19.3 Å². The summed E-state index contributed by atoms with van der Waals surface area (Å²) >= 11 is 0. The van der Waals surface area contributed by atoms with Crippen molar-refractivity contribution in [1.82, 2.24) is 0 Å². The number of aliphatic hydroxyl groups is 1. The first-order chi connectivity index (χ1) is 45.7. The molecule has 0 amide bonds. The van der Waals surface area contributed by atoms with E-state index in [1.54, 1.807) is 0 Å². The number of esters is 4. The lowest BCUT2D eigenvalue weighted by atomic mass is 10.1. The average Bonchev–Trinajstić information content (AvgIpc) is 1.24. The van der Waals surface area contributed by atoms with Crippen molar-refractivity contribution in [2.45, 2.75) is 354 Å². The minimum Gasteiger partial charge on any atom is -0.462 e. The Morgan fingerprint density at radius 1 is 0.309 bits per heavy atom. The third kappa shape index (κ3) is 67.3. The lowest BCUT2D eigenvalue weighted by molar-refractivity contribution is -0.161. The fourth-order valence-corrected chi connectivity index (χ4v) is 11.8. The SMILES string of the molecule is CC/C=C\C/C=C\C/C=C\C/C=C\CCCCCCCCC(=O)OCC(COP(=O)(O)OCC(O)COP(=O)(O)OCC(COC(=O)CCCCCCC/C=C\CCCCCC)OC(=O)CCCCCCCCCCCCC)OC(=O)CCCCCCCCCCCCC. The van der Waals surface area contributed by atoms with Gasteiger partial charge in [-0.3, -0.25) is 37.3 Å². The minimum absolute atomic E-state index is 0.0970. The van der Waals surface area contributed by atoms with E-state index in [1.165, 1.54) is 103 Å². The van der Waals surface area contributed by atoms with Crippen LogP contribution < -0.4 is 0 Å². The number of phosphoric acid groups is 2. The molecule has 548 valence electrons. The molecule has 0 saturated carbocycles. The molecule has 0 spiro atoms. The van der Waals surface area contributed by atoms with Gasteiger partial charge in [0, 0.05) is 25.7 Å². The molecule has 0 heterocycles. The van der Waals surface area contributed by atoms with Crippen LogP contribution in [0.2, 0.25) is 0 Å². The fraction of sp³-hybridized carbons (Fsp3) is 0.813. The zero-order valence-corrected chi connectivity index (χ0v) is 61.4. The summed E-state index contributed by atoms with van der Waals surface area (Å²) in [6, 6.07) is 0. The van der Waals surface area contributed by atoms with E-state index in [2.05, 4.69) is 88.5 Å². The van der Waals surface area contributed by atoms with Crippen molar-refractivity contribution >= 4 is 39.5 Å². The van der Waals surface area contributed by atoms with Gasteiger partial charge in [-0.15, -0.1) is 0 Å². The number of ether oxygens (including phenoxy) is 4. The normalized spacial score (nSPS) is 14.3. The fourth-order valence-electron chi connectivity index (χ4n) is 10.3. The smallest absolute Gasteiger partial charge is 0.462 e. The molecule has 3 N–H and O–H groups in total. The second-order valence-corrected chi connectivity index (χ2v) is 28.1. The molecule has 0 aliphatic heterocycles. The highest BCUT2D eigenvalue weighted by Gasteiger charge is 2.30. The lowest BCUT2D eigenvalue weighted by Gasteiger charge is -2.21. The van der Waals surface area contributed by atoms with E-state index < -0.39 is 97.5 Å². The van der Waals surface area contributed by atoms with Crippen LogP contribution in [-0.2, 0) is 65.4 Å². The van der Waals surface area contributed by atoms with E-state index >= 15 is 0 Å². The molecule has 94 heavy (non-hydrogen) atoms. The molecule has 0 aromatic rings. The topological polar surface area (TPSA) is 237 Å². The monoisotopic (exact) mass is 1370 g/mol. The number of unbranched alkanes of at least 4 members (excludes halogenated alkanes) is 35. The second kappa shape index (κ2) is 68.3. The molecule has 0 aromatic heterocycles. The van der Waals surface area contributed by atoms with Crippen molar-refractivity contribution in [3.05, 3.63) is 60.8 Å². The summed E-state index contributed by atoms with van der Waals surface area (Å²) in [6.07, 6.45) is 65.1. The van der Waals surface area contributed by atoms with E-state index in [4.69, 9.17) is 37.0 Å². The molecule has 5 atom stereocenters. The van der Waals surface area contributed by atoms with Crippen LogP contribution in [0.5, 0.6) is 0 Å². The van der Waals surface area contributed by atoms with Crippen LogP contribution in [0.1, 0.15) is 336 Å². The molecule has 0 bridgehead atoms. The molecule has 19 heteroatoms. The lowest BCUT2D eigenvalue weighted by Crippen LogP contribution is -2.30. The molecule has 0 aromatic carbocycles. The predicted molar refractivity (Wildman–Crippen MR) is 381 cm³/mol. The predicted octanol–water partition coefficient (Wildman–Crippen LogP) is 21.1. The summed E-state index contributed by atoms with van der Waals surface area (Å²) in [6.45, 7) is 4.75. The van der Waals surface area contributed by atoms with Crippen LogP contribution in [0.25, 0.3) is 0 Å². The average molecular weight is 1370 g/mol. The number of phosphoric ester groups is 2. The Morgan fingerprint density at radius 2 is 0.553 bits per heavy atom. The highest BCUT2D eigenvalue weighted by Crippen LogP contribution is 2.45. The number of hydrogen-bond acceptors (Lipinski definition) is 15. The largest absolute Gasteiger partial charge is 0.472 e. The summed E-state index contributed by atoms with van der Waals surface area (Å²) in [5, 5.41) is 10.6. The summed E-state index contributed by atoms with van der Waals surface area (Å²) in [5.41, 5.74) is 0. The Balaban J connectivity index is 5.26. The summed E-state index contributed by atoms with van der Waals surface area (Å²) in [4.78, 5) is 72.6. The minimum atomic E-state index is -4.96. The van der Waals surface area contributed by atoms with Gasteiger partial charge < -0.3 is 33.8 Å². The van der Waals surface area contributed by atoms with Crippen LogP contribution in [0.4, 0.5) is 0 Å². The summed E-state index contributed by atoms with van der Waals surface area (Å²) in [5.74, 6) is -2.17. The number of rotatable bonds is 71.